The zero-order valence-electron chi connectivity index (χ0n) is 11.2. The second-order valence-corrected chi connectivity index (χ2v) is 7.94. The molecule has 3 rings (SSSR count). The molecule has 0 atom stereocenters. The number of aryl methyl sites for hydroxylation is 2. The highest BCUT2D eigenvalue weighted by Gasteiger charge is 2.21. The number of nitrogens with one attached hydrogen (secondary N) is 1. The van der Waals surface area contributed by atoms with Gasteiger partial charge in [0.1, 0.15) is 5.75 Å². The van der Waals surface area contributed by atoms with Crippen LogP contribution < -0.4 is 5.32 Å². The quantitative estimate of drug-likeness (QED) is 0.934. The van der Waals surface area contributed by atoms with Gasteiger partial charge in [0.05, 0.1) is 10.6 Å². The zero-order chi connectivity index (χ0) is 14.9. The van der Waals surface area contributed by atoms with Crippen molar-refractivity contribution in [2.75, 3.05) is 11.1 Å². The van der Waals surface area contributed by atoms with E-state index in [1.807, 2.05) is 0 Å². The van der Waals surface area contributed by atoms with Gasteiger partial charge < -0.3 is 5.32 Å². The minimum Gasteiger partial charge on any atom is -0.301 e. The molecule has 1 aromatic heterocycles. The van der Waals surface area contributed by atoms with Crippen molar-refractivity contribution in [1.29, 1.82) is 0 Å². The summed E-state index contributed by atoms with van der Waals surface area (Å²) in [5.74, 6) is -1.12. The Hall–Kier alpha value is -1.73. The van der Waals surface area contributed by atoms with E-state index in [2.05, 4.69) is 10.3 Å². The lowest BCUT2D eigenvalue weighted by Crippen LogP contribution is -2.23. The van der Waals surface area contributed by atoms with Gasteiger partial charge in [-0.15, -0.1) is 11.3 Å². The van der Waals surface area contributed by atoms with Crippen molar-refractivity contribution in [2.45, 2.75) is 24.2 Å². The van der Waals surface area contributed by atoms with Gasteiger partial charge in [-0.25, -0.2) is 13.4 Å². The van der Waals surface area contributed by atoms with E-state index in [9.17, 15) is 13.2 Å². The number of carbonyl (C=O) groups excluding carboxylic acids is 1. The molecule has 2 aromatic rings. The maximum absolute atomic E-state index is 12.1. The summed E-state index contributed by atoms with van der Waals surface area (Å²) in [6.45, 7) is 0. The number of anilines is 1. The van der Waals surface area contributed by atoms with E-state index in [0.29, 0.717) is 5.13 Å². The third-order valence-corrected chi connectivity index (χ3v) is 5.97. The molecule has 5 nitrogen and oxygen atoms in total. The van der Waals surface area contributed by atoms with Gasteiger partial charge in [-0.1, -0.05) is 18.2 Å². The molecule has 1 aliphatic rings. The topological polar surface area (TPSA) is 76.1 Å². The van der Waals surface area contributed by atoms with Crippen LogP contribution in [0.5, 0.6) is 0 Å². The Balaban J connectivity index is 1.69. The molecule has 1 heterocycles. The molecule has 0 bridgehead atoms. The van der Waals surface area contributed by atoms with E-state index in [0.717, 1.165) is 25.0 Å². The highest BCUT2D eigenvalue weighted by Crippen LogP contribution is 2.30. The number of aromatic nitrogens is 1. The average molecular weight is 322 g/mol. The summed E-state index contributed by atoms with van der Waals surface area (Å²) in [4.78, 5) is 17.6. The number of hydrogen-bond acceptors (Lipinski definition) is 5. The van der Waals surface area contributed by atoms with Crippen molar-refractivity contribution in [1.82, 2.24) is 4.98 Å². The average Bonchev–Trinajstić information content (AvgIpc) is 3.00. The van der Waals surface area contributed by atoms with E-state index < -0.39 is 21.5 Å². The lowest BCUT2D eigenvalue weighted by Gasteiger charge is -2.04. The molecule has 0 spiro atoms. The van der Waals surface area contributed by atoms with E-state index in [-0.39, 0.29) is 4.90 Å². The van der Waals surface area contributed by atoms with Gasteiger partial charge >= 0.3 is 0 Å². The number of fused-ring (bicyclic) bond motifs is 1. The molecule has 7 heteroatoms. The predicted molar refractivity (Wildman–Crippen MR) is 81.3 cm³/mol. The van der Waals surface area contributed by atoms with Gasteiger partial charge in [0.15, 0.2) is 15.0 Å². The fourth-order valence-corrected chi connectivity index (χ4v) is 4.50. The Labute approximate surface area is 127 Å². The summed E-state index contributed by atoms with van der Waals surface area (Å²) >= 11 is 1.43. The number of nitrogens with zero attached hydrogens (tertiary/aromatic N) is 1. The van der Waals surface area contributed by atoms with Crippen molar-refractivity contribution in [3.8, 4) is 0 Å². The molecule has 1 aromatic carbocycles. The zero-order valence-corrected chi connectivity index (χ0v) is 12.8. The van der Waals surface area contributed by atoms with Crippen LogP contribution in [0.2, 0.25) is 0 Å². The molecule has 0 aliphatic heterocycles. The first kappa shape index (κ1) is 14.2. The fourth-order valence-electron chi connectivity index (χ4n) is 2.28. The summed E-state index contributed by atoms with van der Waals surface area (Å²) in [7, 11) is -3.61. The predicted octanol–water partition coefficient (Wildman–Crippen LogP) is 2.04. The molecule has 1 N–H and O–H groups in total. The van der Waals surface area contributed by atoms with Crippen molar-refractivity contribution in [2.24, 2.45) is 0 Å². The van der Waals surface area contributed by atoms with Crippen LogP contribution in [0.4, 0.5) is 5.13 Å². The van der Waals surface area contributed by atoms with Gasteiger partial charge in [-0.3, -0.25) is 4.79 Å². The first-order valence-electron chi connectivity index (χ1n) is 6.61. The van der Waals surface area contributed by atoms with Gasteiger partial charge in [-0.05, 0) is 31.4 Å². The third kappa shape index (κ3) is 3.14. The minimum absolute atomic E-state index is 0.154. The summed E-state index contributed by atoms with van der Waals surface area (Å²) in [5.41, 5.74) is 1.03. The van der Waals surface area contributed by atoms with E-state index in [1.165, 1.54) is 28.3 Å². The number of hydrogen-bond donors (Lipinski definition) is 1. The van der Waals surface area contributed by atoms with Gasteiger partial charge in [0.2, 0.25) is 5.91 Å². The first-order valence-corrected chi connectivity index (χ1v) is 9.08. The Morgan fingerprint density at radius 2 is 2.00 bits per heavy atom. The second kappa shape index (κ2) is 5.57. The summed E-state index contributed by atoms with van der Waals surface area (Å²) in [5, 5.41) is 3.08. The lowest BCUT2D eigenvalue weighted by atomic mass is 10.4. The van der Waals surface area contributed by atoms with Crippen LogP contribution in [-0.4, -0.2) is 25.1 Å². The molecule has 110 valence electrons. The van der Waals surface area contributed by atoms with Crippen LogP contribution in [0.3, 0.4) is 0 Å². The van der Waals surface area contributed by atoms with Crippen LogP contribution in [0.1, 0.15) is 17.0 Å². The standard InChI is InChI=1S/C14H14N2O3S2/c17-13(9-21(18,19)10-5-2-1-3-6-10)16-14-15-11-7-4-8-12(11)20-14/h1-3,5-6H,4,7-9H2,(H,15,16,17). The first-order chi connectivity index (χ1) is 10.0. The number of thiazole rings is 1. The maximum Gasteiger partial charge on any atom is 0.241 e. The van der Waals surface area contributed by atoms with Crippen molar-refractivity contribution in [3.05, 3.63) is 40.9 Å². The number of amides is 1. The second-order valence-electron chi connectivity index (χ2n) is 4.86. The number of sulfone groups is 1. The van der Waals surface area contributed by atoms with Gasteiger partial charge in [-0.2, -0.15) is 0 Å². The highest BCUT2D eigenvalue weighted by atomic mass is 32.2. The van der Waals surface area contributed by atoms with E-state index in [4.69, 9.17) is 0 Å². The molecular formula is C14H14N2O3S2. The minimum atomic E-state index is -3.61. The number of rotatable bonds is 4. The van der Waals surface area contributed by atoms with Crippen LogP contribution >= 0.6 is 11.3 Å². The largest absolute Gasteiger partial charge is 0.301 e. The Morgan fingerprint density at radius 3 is 2.71 bits per heavy atom. The maximum atomic E-state index is 12.1. The van der Waals surface area contributed by atoms with Crippen LogP contribution in [0.25, 0.3) is 0 Å². The van der Waals surface area contributed by atoms with E-state index >= 15 is 0 Å². The van der Waals surface area contributed by atoms with Crippen molar-refractivity contribution in [3.63, 3.8) is 0 Å². The molecule has 0 fully saturated rings. The molecule has 0 radical (unpaired) electrons. The molecule has 1 amide bonds. The Kier molecular flexibility index (Phi) is 3.77. The molecule has 0 saturated heterocycles. The summed E-state index contributed by atoms with van der Waals surface area (Å²) in [6, 6.07) is 7.98. The lowest BCUT2D eigenvalue weighted by molar-refractivity contribution is -0.113. The Morgan fingerprint density at radius 1 is 1.24 bits per heavy atom. The number of benzene rings is 1. The van der Waals surface area contributed by atoms with Crippen molar-refractivity contribution < 1.29 is 13.2 Å². The third-order valence-electron chi connectivity index (χ3n) is 3.27. The summed E-state index contributed by atoms with van der Waals surface area (Å²) < 4.78 is 24.2. The van der Waals surface area contributed by atoms with Crippen LogP contribution in [-0.2, 0) is 27.5 Å². The Bertz CT molecular complexity index is 745. The molecular weight excluding hydrogens is 308 g/mol. The van der Waals surface area contributed by atoms with Crippen LogP contribution in [0.15, 0.2) is 35.2 Å². The van der Waals surface area contributed by atoms with Gasteiger partial charge in [0.25, 0.3) is 0 Å². The smallest absolute Gasteiger partial charge is 0.241 e. The van der Waals surface area contributed by atoms with E-state index in [1.54, 1.807) is 18.2 Å². The molecule has 0 saturated carbocycles. The molecule has 1 aliphatic carbocycles. The highest BCUT2D eigenvalue weighted by molar-refractivity contribution is 7.92. The molecule has 0 unspecified atom stereocenters. The normalized spacial score (nSPS) is 13.9. The SMILES string of the molecule is O=C(CS(=O)(=O)c1ccccc1)Nc1nc2c(s1)CCC2. The van der Waals surface area contributed by atoms with Gasteiger partial charge in [0, 0.05) is 4.88 Å². The summed E-state index contributed by atoms with van der Waals surface area (Å²) in [6.07, 6.45) is 3.03. The van der Waals surface area contributed by atoms with Crippen LogP contribution in [0, 0.1) is 0 Å². The van der Waals surface area contributed by atoms with Crippen molar-refractivity contribution >= 4 is 32.2 Å². The number of carbonyl (C=O) groups is 1. The molecule has 21 heavy (non-hydrogen) atoms. The fraction of sp³-hybridized carbons (Fsp3) is 0.286. The monoisotopic (exact) mass is 322 g/mol.